The second kappa shape index (κ2) is 3.77. The Kier molecular flexibility index (Phi) is 2.60. The van der Waals surface area contributed by atoms with Gasteiger partial charge in [-0.25, -0.2) is 4.98 Å². The summed E-state index contributed by atoms with van der Waals surface area (Å²) < 4.78 is 1.07. The van der Waals surface area contributed by atoms with Crippen LogP contribution in [0.25, 0.3) is 10.9 Å². The maximum Gasteiger partial charge on any atom is 0.181 e. The van der Waals surface area contributed by atoms with Gasteiger partial charge in [0.2, 0.25) is 0 Å². The Bertz CT molecular complexity index is 552. The van der Waals surface area contributed by atoms with Gasteiger partial charge >= 0.3 is 0 Å². The second-order valence-corrected chi connectivity index (χ2v) is 4.49. The average molecular weight is 313 g/mol. The number of nitrogens with zero attached hydrogens (tertiary/aromatic N) is 1. The number of ketones is 1. The molecule has 0 amide bonds. The zero-order chi connectivity index (χ0) is 11.0. The predicted molar refractivity (Wildman–Crippen MR) is 66.1 cm³/mol. The summed E-state index contributed by atoms with van der Waals surface area (Å²) in [7, 11) is 0. The zero-order valence-corrected chi connectivity index (χ0v) is 10.1. The van der Waals surface area contributed by atoms with Gasteiger partial charge in [0.1, 0.15) is 11.4 Å². The number of Topliss-reactive ketones (excluding diaryl/α,β-unsaturated/α-hetero) is 1. The molecule has 0 saturated heterocycles. The van der Waals surface area contributed by atoms with Gasteiger partial charge < -0.3 is 5.11 Å². The maximum absolute atomic E-state index is 11.2. The third kappa shape index (κ3) is 1.94. The molecule has 0 bridgehead atoms. The molecule has 0 saturated carbocycles. The molecule has 1 heterocycles. The van der Waals surface area contributed by atoms with Gasteiger partial charge in [0.05, 0.1) is 5.52 Å². The van der Waals surface area contributed by atoms with Gasteiger partial charge in [0.15, 0.2) is 5.78 Å². The SMILES string of the molecule is CC(=O)c1nc2ccc(I)cc2cc1O. The first kappa shape index (κ1) is 10.4. The lowest BCUT2D eigenvalue weighted by Crippen LogP contribution is -1.97. The van der Waals surface area contributed by atoms with Gasteiger partial charge in [-0.3, -0.25) is 4.79 Å². The third-order valence-electron chi connectivity index (χ3n) is 2.09. The van der Waals surface area contributed by atoms with E-state index in [1.165, 1.54) is 6.92 Å². The van der Waals surface area contributed by atoms with Crippen molar-refractivity contribution >= 4 is 39.3 Å². The largest absolute Gasteiger partial charge is 0.506 e. The summed E-state index contributed by atoms with van der Waals surface area (Å²) in [6, 6.07) is 7.23. The topological polar surface area (TPSA) is 50.2 Å². The van der Waals surface area contributed by atoms with Crippen molar-refractivity contribution in [1.82, 2.24) is 4.98 Å². The highest BCUT2D eigenvalue weighted by Gasteiger charge is 2.09. The van der Waals surface area contributed by atoms with E-state index in [-0.39, 0.29) is 17.2 Å². The smallest absolute Gasteiger partial charge is 0.181 e. The molecule has 0 aliphatic heterocycles. The van der Waals surface area contributed by atoms with Crippen LogP contribution in [0.2, 0.25) is 0 Å². The Balaban J connectivity index is 2.76. The van der Waals surface area contributed by atoms with Crippen LogP contribution < -0.4 is 0 Å². The second-order valence-electron chi connectivity index (χ2n) is 3.25. The first-order valence-electron chi connectivity index (χ1n) is 4.38. The van der Waals surface area contributed by atoms with E-state index in [9.17, 15) is 9.90 Å². The van der Waals surface area contributed by atoms with Crippen LogP contribution in [0, 0.1) is 3.57 Å². The van der Waals surface area contributed by atoms with Gasteiger partial charge in [-0.05, 0) is 46.9 Å². The molecule has 4 heteroatoms. The number of pyridine rings is 1. The van der Waals surface area contributed by atoms with E-state index in [1.807, 2.05) is 18.2 Å². The lowest BCUT2D eigenvalue weighted by molar-refractivity contribution is 0.101. The molecule has 0 unspecified atom stereocenters. The molecule has 1 N–H and O–H groups in total. The third-order valence-corrected chi connectivity index (χ3v) is 2.76. The molecule has 0 aliphatic rings. The number of aromatic nitrogens is 1. The monoisotopic (exact) mass is 313 g/mol. The summed E-state index contributed by atoms with van der Waals surface area (Å²) in [4.78, 5) is 15.3. The first-order chi connectivity index (χ1) is 7.08. The first-order valence-corrected chi connectivity index (χ1v) is 5.46. The highest BCUT2D eigenvalue weighted by molar-refractivity contribution is 14.1. The molecule has 1 aromatic carbocycles. The minimum atomic E-state index is -0.229. The Labute approximate surface area is 100 Å². The van der Waals surface area contributed by atoms with Crippen molar-refractivity contribution in [2.24, 2.45) is 0 Å². The van der Waals surface area contributed by atoms with E-state index in [4.69, 9.17) is 0 Å². The number of halogens is 1. The minimum Gasteiger partial charge on any atom is -0.506 e. The number of carbonyl (C=O) groups excluding carboxylic acids is 1. The average Bonchev–Trinajstić information content (AvgIpc) is 2.15. The fraction of sp³-hybridized carbons (Fsp3) is 0.0909. The molecule has 0 aliphatic carbocycles. The molecular weight excluding hydrogens is 305 g/mol. The van der Waals surface area contributed by atoms with E-state index in [1.54, 1.807) is 6.07 Å². The summed E-state index contributed by atoms with van der Waals surface area (Å²) in [6.07, 6.45) is 0. The van der Waals surface area contributed by atoms with Crippen molar-refractivity contribution in [3.63, 3.8) is 0 Å². The normalized spacial score (nSPS) is 10.5. The number of rotatable bonds is 1. The van der Waals surface area contributed by atoms with Crippen molar-refractivity contribution < 1.29 is 9.90 Å². The van der Waals surface area contributed by atoms with Crippen LogP contribution in [-0.4, -0.2) is 15.9 Å². The number of fused-ring (bicyclic) bond motifs is 1. The molecule has 3 nitrogen and oxygen atoms in total. The summed E-state index contributed by atoms with van der Waals surface area (Å²) in [5.74, 6) is -0.287. The van der Waals surface area contributed by atoms with Crippen LogP contribution in [-0.2, 0) is 0 Å². The molecule has 2 rings (SSSR count). The number of hydrogen-bond acceptors (Lipinski definition) is 3. The van der Waals surface area contributed by atoms with Crippen LogP contribution in [0.4, 0.5) is 0 Å². The van der Waals surface area contributed by atoms with Gasteiger partial charge in [-0.2, -0.15) is 0 Å². The van der Waals surface area contributed by atoms with Gasteiger partial charge in [-0.15, -0.1) is 0 Å². The molecule has 0 atom stereocenters. The quantitative estimate of drug-likeness (QED) is 0.650. The van der Waals surface area contributed by atoms with E-state index >= 15 is 0 Å². The van der Waals surface area contributed by atoms with Crippen molar-refractivity contribution in [3.8, 4) is 5.75 Å². The van der Waals surface area contributed by atoms with E-state index in [0.717, 1.165) is 14.5 Å². The van der Waals surface area contributed by atoms with Crippen molar-refractivity contribution in [2.45, 2.75) is 6.92 Å². The molecule has 76 valence electrons. The van der Waals surface area contributed by atoms with Gasteiger partial charge in [0, 0.05) is 15.9 Å². The number of benzene rings is 1. The molecule has 0 radical (unpaired) electrons. The lowest BCUT2D eigenvalue weighted by atomic mass is 10.1. The standard InChI is InChI=1S/C11H8INO2/c1-6(14)11-10(15)5-7-4-8(12)2-3-9(7)13-11/h2-5,15H,1H3. The highest BCUT2D eigenvalue weighted by atomic mass is 127. The van der Waals surface area contributed by atoms with Crippen LogP contribution in [0.1, 0.15) is 17.4 Å². The summed E-state index contributed by atoms with van der Waals surface area (Å²) in [5.41, 5.74) is 0.849. The number of aromatic hydroxyl groups is 1. The lowest BCUT2D eigenvalue weighted by Gasteiger charge is -2.03. The fourth-order valence-corrected chi connectivity index (χ4v) is 1.91. The number of carbonyl (C=O) groups is 1. The Morgan fingerprint density at radius 3 is 2.80 bits per heavy atom. The zero-order valence-electron chi connectivity index (χ0n) is 7.99. The Morgan fingerprint density at radius 2 is 2.13 bits per heavy atom. The summed E-state index contributed by atoms with van der Waals surface area (Å²) in [5, 5.41) is 10.4. The maximum atomic E-state index is 11.2. The van der Waals surface area contributed by atoms with Crippen LogP contribution >= 0.6 is 22.6 Å². The fourth-order valence-electron chi connectivity index (χ4n) is 1.40. The van der Waals surface area contributed by atoms with Crippen LogP contribution in [0.3, 0.4) is 0 Å². The van der Waals surface area contributed by atoms with E-state index in [2.05, 4.69) is 27.6 Å². The number of hydrogen-bond donors (Lipinski definition) is 1. The van der Waals surface area contributed by atoms with E-state index < -0.39 is 0 Å². The van der Waals surface area contributed by atoms with E-state index in [0.29, 0.717) is 0 Å². The predicted octanol–water partition coefficient (Wildman–Crippen LogP) is 2.75. The molecular formula is C11H8INO2. The Morgan fingerprint density at radius 1 is 1.40 bits per heavy atom. The molecule has 0 fully saturated rings. The van der Waals surface area contributed by atoms with Crippen molar-refractivity contribution in [2.75, 3.05) is 0 Å². The highest BCUT2D eigenvalue weighted by Crippen LogP contribution is 2.23. The van der Waals surface area contributed by atoms with Crippen molar-refractivity contribution in [3.05, 3.63) is 33.5 Å². The summed E-state index contributed by atoms with van der Waals surface area (Å²) >= 11 is 2.19. The van der Waals surface area contributed by atoms with Crippen molar-refractivity contribution in [1.29, 1.82) is 0 Å². The van der Waals surface area contributed by atoms with Crippen LogP contribution in [0.15, 0.2) is 24.3 Å². The van der Waals surface area contributed by atoms with Gasteiger partial charge in [0.25, 0.3) is 0 Å². The molecule has 15 heavy (non-hydrogen) atoms. The van der Waals surface area contributed by atoms with Crippen LogP contribution in [0.5, 0.6) is 5.75 Å². The summed E-state index contributed by atoms with van der Waals surface area (Å²) in [6.45, 7) is 1.39. The molecule has 2 aromatic rings. The van der Waals surface area contributed by atoms with Gasteiger partial charge in [-0.1, -0.05) is 0 Å². The molecule has 0 spiro atoms. The molecule has 1 aromatic heterocycles. The minimum absolute atomic E-state index is 0.0583. The Hall–Kier alpha value is -1.17.